The Bertz CT molecular complexity index is 779. The molecule has 7 nitrogen and oxygen atoms in total. The van der Waals surface area contributed by atoms with Gasteiger partial charge in [-0.2, -0.15) is 0 Å². The number of hydrogen-bond acceptors (Lipinski definition) is 5. The summed E-state index contributed by atoms with van der Waals surface area (Å²) in [5.74, 6) is -0.259. The van der Waals surface area contributed by atoms with Gasteiger partial charge >= 0.3 is 0 Å². The highest BCUT2D eigenvalue weighted by Crippen LogP contribution is 2.25. The van der Waals surface area contributed by atoms with Gasteiger partial charge in [-0.1, -0.05) is 11.6 Å². The summed E-state index contributed by atoms with van der Waals surface area (Å²) in [6.45, 7) is 3.24. The molecule has 0 aliphatic heterocycles. The van der Waals surface area contributed by atoms with Gasteiger partial charge in [0.1, 0.15) is 0 Å². The van der Waals surface area contributed by atoms with Gasteiger partial charge in [-0.05, 0) is 13.8 Å². The molecule has 2 N–H and O–H groups in total. The average Bonchev–Trinajstić information content (AvgIpc) is 2.94. The summed E-state index contributed by atoms with van der Waals surface area (Å²) in [4.78, 5) is 16.2. The van der Waals surface area contributed by atoms with Crippen LogP contribution in [0.15, 0.2) is 16.6 Å². The third-order valence-corrected chi connectivity index (χ3v) is 5.53. The molecule has 0 radical (unpaired) electrons. The Morgan fingerprint density at radius 3 is 2.81 bits per heavy atom. The van der Waals surface area contributed by atoms with E-state index in [1.54, 1.807) is 25.4 Å². The summed E-state index contributed by atoms with van der Waals surface area (Å²) in [6.07, 6.45) is 1.58. The zero-order chi connectivity index (χ0) is 15.8. The molecule has 2 aromatic heterocycles. The molecule has 21 heavy (non-hydrogen) atoms. The Labute approximate surface area is 131 Å². The molecule has 0 fully saturated rings. The number of carbonyl (C=O) groups is 1. The number of imidazole rings is 1. The highest BCUT2D eigenvalue weighted by Gasteiger charge is 2.31. The van der Waals surface area contributed by atoms with Crippen LogP contribution in [0.2, 0.25) is 5.15 Å². The van der Waals surface area contributed by atoms with E-state index >= 15 is 0 Å². The summed E-state index contributed by atoms with van der Waals surface area (Å²) in [6, 6.07) is 0. The number of carbonyl (C=O) groups excluding carboxylic acids is 1. The molecule has 1 amide bonds. The summed E-state index contributed by atoms with van der Waals surface area (Å²) < 4.78 is 28.6. The fraction of sp³-hybridized carbons (Fsp3) is 0.455. The first kappa shape index (κ1) is 16.2. The highest BCUT2D eigenvalue weighted by atomic mass is 35.5. The SMILES string of the molecule is CNC(=O)C(C)(C)CNS(=O)(=O)c1c(Cl)nc2sccn12. The molecule has 0 unspecified atom stereocenters. The van der Waals surface area contributed by atoms with Crippen molar-refractivity contribution in [2.24, 2.45) is 5.41 Å². The van der Waals surface area contributed by atoms with Gasteiger partial charge in [0.2, 0.25) is 5.91 Å². The van der Waals surface area contributed by atoms with Gasteiger partial charge in [0.15, 0.2) is 15.1 Å². The number of nitrogens with one attached hydrogen (secondary N) is 2. The smallest absolute Gasteiger partial charge is 0.259 e. The number of fused-ring (bicyclic) bond motifs is 1. The molecule has 2 heterocycles. The van der Waals surface area contributed by atoms with Crippen LogP contribution in [0.3, 0.4) is 0 Å². The summed E-state index contributed by atoms with van der Waals surface area (Å²) in [7, 11) is -2.37. The van der Waals surface area contributed by atoms with Crippen molar-refractivity contribution in [1.82, 2.24) is 19.4 Å². The van der Waals surface area contributed by atoms with Crippen molar-refractivity contribution in [3.8, 4) is 0 Å². The van der Waals surface area contributed by atoms with Crippen molar-refractivity contribution >= 4 is 43.8 Å². The Hall–Kier alpha value is -1.16. The molecule has 116 valence electrons. The molecule has 0 aliphatic rings. The molecule has 0 saturated heterocycles. The average molecular weight is 351 g/mol. The van der Waals surface area contributed by atoms with E-state index in [9.17, 15) is 13.2 Å². The van der Waals surface area contributed by atoms with Crippen LogP contribution in [0.4, 0.5) is 0 Å². The minimum absolute atomic E-state index is 0.0529. The van der Waals surface area contributed by atoms with Gasteiger partial charge in [0.05, 0.1) is 5.41 Å². The van der Waals surface area contributed by atoms with Crippen LogP contribution in [0.25, 0.3) is 4.96 Å². The van der Waals surface area contributed by atoms with Crippen molar-refractivity contribution in [3.05, 3.63) is 16.7 Å². The number of amides is 1. The van der Waals surface area contributed by atoms with E-state index in [-0.39, 0.29) is 22.6 Å². The van der Waals surface area contributed by atoms with Crippen molar-refractivity contribution in [2.75, 3.05) is 13.6 Å². The molecule has 0 atom stereocenters. The van der Waals surface area contributed by atoms with Crippen molar-refractivity contribution in [1.29, 1.82) is 0 Å². The molecular formula is C11H15ClN4O3S2. The van der Waals surface area contributed by atoms with Gasteiger partial charge in [-0.3, -0.25) is 9.20 Å². The van der Waals surface area contributed by atoms with E-state index in [0.717, 1.165) is 0 Å². The zero-order valence-electron chi connectivity index (χ0n) is 11.7. The minimum Gasteiger partial charge on any atom is -0.359 e. The lowest BCUT2D eigenvalue weighted by Crippen LogP contribution is -2.43. The molecule has 10 heteroatoms. The predicted molar refractivity (Wildman–Crippen MR) is 81.1 cm³/mol. The largest absolute Gasteiger partial charge is 0.359 e. The van der Waals surface area contributed by atoms with Crippen LogP contribution < -0.4 is 10.0 Å². The molecule has 2 rings (SSSR count). The first-order valence-electron chi connectivity index (χ1n) is 6.02. The molecule has 0 aromatic carbocycles. The normalized spacial score (nSPS) is 12.8. The van der Waals surface area contributed by atoms with Crippen LogP contribution in [-0.2, 0) is 14.8 Å². The summed E-state index contributed by atoms with van der Waals surface area (Å²) in [5, 5.41) is 4.00. The second-order valence-electron chi connectivity index (χ2n) is 5.05. The number of thiazole rings is 1. The second kappa shape index (κ2) is 5.56. The van der Waals surface area contributed by atoms with Crippen LogP contribution in [0.1, 0.15) is 13.8 Å². The maximum absolute atomic E-state index is 12.4. The maximum Gasteiger partial charge on any atom is 0.259 e. The maximum atomic E-state index is 12.4. The van der Waals surface area contributed by atoms with Crippen molar-refractivity contribution < 1.29 is 13.2 Å². The third kappa shape index (κ3) is 3.05. The predicted octanol–water partition coefficient (Wildman–Crippen LogP) is 1.10. The quantitative estimate of drug-likeness (QED) is 0.844. The summed E-state index contributed by atoms with van der Waals surface area (Å²) in [5.41, 5.74) is -0.882. The minimum atomic E-state index is -3.87. The lowest BCUT2D eigenvalue weighted by molar-refractivity contribution is -0.128. The van der Waals surface area contributed by atoms with Crippen LogP contribution in [-0.4, -0.2) is 37.3 Å². The number of halogens is 1. The lowest BCUT2D eigenvalue weighted by atomic mass is 9.93. The van der Waals surface area contributed by atoms with E-state index in [1.807, 2.05) is 0 Å². The lowest BCUT2D eigenvalue weighted by Gasteiger charge is -2.22. The first-order valence-corrected chi connectivity index (χ1v) is 8.76. The Kier molecular flexibility index (Phi) is 4.29. The van der Waals surface area contributed by atoms with Crippen LogP contribution in [0, 0.1) is 5.41 Å². The van der Waals surface area contributed by atoms with Crippen molar-refractivity contribution in [3.63, 3.8) is 0 Å². The van der Waals surface area contributed by atoms with Crippen LogP contribution >= 0.6 is 22.9 Å². The van der Waals surface area contributed by atoms with Gasteiger partial charge in [0, 0.05) is 25.2 Å². The topological polar surface area (TPSA) is 92.6 Å². The van der Waals surface area contributed by atoms with Crippen molar-refractivity contribution in [2.45, 2.75) is 18.9 Å². The molecule has 2 aromatic rings. The molecule has 0 spiro atoms. The standard InChI is InChI=1S/C11H15ClN4O3S2/c1-11(2,9(17)13-3)6-14-21(18,19)8-7(12)15-10-16(8)4-5-20-10/h4-5,14H,6H2,1-3H3,(H,13,17). The number of sulfonamides is 1. The van der Waals surface area contributed by atoms with Gasteiger partial charge in [-0.15, -0.1) is 11.3 Å². The van der Waals surface area contributed by atoms with E-state index in [2.05, 4.69) is 15.0 Å². The van der Waals surface area contributed by atoms with Gasteiger partial charge in [-0.25, -0.2) is 18.1 Å². The monoisotopic (exact) mass is 350 g/mol. The molecule has 0 saturated carbocycles. The molecule has 0 aliphatic carbocycles. The molecule has 0 bridgehead atoms. The Balaban J connectivity index is 2.29. The van der Waals surface area contributed by atoms with E-state index in [0.29, 0.717) is 4.96 Å². The molecular weight excluding hydrogens is 336 g/mol. The Morgan fingerprint density at radius 2 is 2.19 bits per heavy atom. The first-order chi connectivity index (χ1) is 9.69. The highest BCUT2D eigenvalue weighted by molar-refractivity contribution is 7.89. The van der Waals surface area contributed by atoms with E-state index in [1.165, 1.54) is 22.8 Å². The van der Waals surface area contributed by atoms with Gasteiger partial charge in [0.25, 0.3) is 10.0 Å². The third-order valence-electron chi connectivity index (χ3n) is 2.98. The number of rotatable bonds is 5. The number of nitrogens with zero attached hydrogens (tertiary/aromatic N) is 2. The fourth-order valence-electron chi connectivity index (χ4n) is 1.74. The van der Waals surface area contributed by atoms with Gasteiger partial charge < -0.3 is 5.32 Å². The second-order valence-corrected chi connectivity index (χ2v) is 7.96. The Morgan fingerprint density at radius 1 is 1.52 bits per heavy atom. The number of hydrogen-bond donors (Lipinski definition) is 2. The van der Waals surface area contributed by atoms with Crippen LogP contribution in [0.5, 0.6) is 0 Å². The van der Waals surface area contributed by atoms with E-state index < -0.39 is 15.4 Å². The summed E-state index contributed by atoms with van der Waals surface area (Å²) >= 11 is 7.19. The zero-order valence-corrected chi connectivity index (χ0v) is 14.1. The van der Waals surface area contributed by atoms with E-state index in [4.69, 9.17) is 11.6 Å². The number of aromatic nitrogens is 2. The fourth-order valence-corrected chi connectivity index (χ4v) is 4.40.